The number of ether oxygens (including phenoxy) is 2. The van der Waals surface area contributed by atoms with Crippen molar-refractivity contribution in [2.75, 3.05) is 13.6 Å². The summed E-state index contributed by atoms with van der Waals surface area (Å²) >= 11 is 0. The van der Waals surface area contributed by atoms with Gasteiger partial charge in [0.2, 0.25) is 0 Å². The highest BCUT2D eigenvalue weighted by Crippen LogP contribution is 2.52. The fourth-order valence-electron chi connectivity index (χ4n) is 4.96. The van der Waals surface area contributed by atoms with Gasteiger partial charge in [0.15, 0.2) is 0 Å². The van der Waals surface area contributed by atoms with Gasteiger partial charge >= 0.3 is 5.97 Å². The van der Waals surface area contributed by atoms with Gasteiger partial charge in [-0.05, 0) is 12.0 Å². The molecular weight excluding hydrogens is 394 g/mol. The third-order valence-electron chi connectivity index (χ3n) is 6.48. The van der Waals surface area contributed by atoms with Crippen LogP contribution in [-0.4, -0.2) is 54.4 Å². The Bertz CT molecular complexity index is 659. The van der Waals surface area contributed by atoms with Crippen molar-refractivity contribution in [2.45, 2.75) is 63.0 Å². The van der Waals surface area contributed by atoms with E-state index in [1.807, 2.05) is 30.3 Å². The lowest BCUT2D eigenvalue weighted by molar-refractivity contribution is -0.956. The van der Waals surface area contributed by atoms with Gasteiger partial charge in [0, 0.05) is 12.8 Å². The Morgan fingerprint density at radius 2 is 1.85 bits per heavy atom. The summed E-state index contributed by atoms with van der Waals surface area (Å²) in [5.41, 5.74) is 1.28. The van der Waals surface area contributed by atoms with Gasteiger partial charge in [-0.2, -0.15) is 0 Å². The zero-order valence-corrected chi connectivity index (χ0v) is 17.2. The van der Waals surface area contributed by atoms with E-state index < -0.39 is 0 Å². The van der Waals surface area contributed by atoms with E-state index in [-0.39, 0.29) is 29.1 Å². The number of halogens is 1. The van der Waals surface area contributed by atoms with Crippen molar-refractivity contribution in [3.63, 3.8) is 0 Å². The van der Waals surface area contributed by atoms with Crippen molar-refractivity contribution in [1.29, 1.82) is 0 Å². The number of rotatable bonds is 6. The van der Waals surface area contributed by atoms with Gasteiger partial charge in [0.25, 0.3) is 0 Å². The van der Waals surface area contributed by atoms with E-state index in [4.69, 9.17) is 9.47 Å². The quantitative estimate of drug-likeness (QED) is 0.284. The maximum atomic E-state index is 12.5. The molecule has 142 valence electrons. The van der Waals surface area contributed by atoms with Crippen molar-refractivity contribution in [3.05, 3.63) is 42.5 Å². The Morgan fingerprint density at radius 1 is 1.23 bits per heavy atom. The monoisotopic (exact) mass is 421 g/mol. The van der Waals surface area contributed by atoms with Crippen molar-refractivity contribution in [1.82, 2.24) is 0 Å². The van der Waals surface area contributed by atoms with E-state index in [0.717, 1.165) is 22.9 Å². The SMILES string of the molecule is C=C(C(=O)OC1C[C@@H]2[C@H]3O[C@H]3[C@H](C1)[N+]2(C)CCCC)c1ccccc1.[Br-]. The average molecular weight is 422 g/mol. The van der Waals surface area contributed by atoms with Gasteiger partial charge in [0.1, 0.15) is 30.4 Å². The molecule has 3 aliphatic heterocycles. The predicted octanol–water partition coefficient (Wildman–Crippen LogP) is 0.174. The Balaban J connectivity index is 0.00000196. The van der Waals surface area contributed by atoms with E-state index >= 15 is 0 Å². The molecule has 26 heavy (non-hydrogen) atoms. The third-order valence-corrected chi connectivity index (χ3v) is 6.48. The van der Waals surface area contributed by atoms with Crippen molar-refractivity contribution < 1.29 is 35.7 Å². The molecule has 5 heteroatoms. The van der Waals surface area contributed by atoms with E-state index in [2.05, 4.69) is 20.6 Å². The van der Waals surface area contributed by atoms with Crippen molar-refractivity contribution >= 4 is 11.5 Å². The minimum absolute atomic E-state index is 0. The zero-order chi connectivity index (χ0) is 17.6. The molecule has 0 saturated carbocycles. The molecule has 3 saturated heterocycles. The first-order chi connectivity index (χ1) is 12.0. The number of epoxide rings is 1. The minimum Gasteiger partial charge on any atom is -1.00 e. The first-order valence-corrected chi connectivity index (χ1v) is 9.50. The molecule has 0 spiro atoms. The maximum absolute atomic E-state index is 12.5. The molecule has 0 aromatic heterocycles. The predicted molar refractivity (Wildman–Crippen MR) is 96.8 cm³/mol. The number of morpholine rings is 1. The van der Waals surface area contributed by atoms with Crippen molar-refractivity contribution in [3.8, 4) is 0 Å². The Kier molecular flexibility index (Phi) is 5.61. The van der Waals surface area contributed by atoms with Gasteiger partial charge in [-0.15, -0.1) is 0 Å². The van der Waals surface area contributed by atoms with Crippen LogP contribution < -0.4 is 17.0 Å². The highest BCUT2D eigenvalue weighted by Gasteiger charge is 2.71. The third kappa shape index (κ3) is 3.25. The number of carbonyl (C=O) groups is 1. The zero-order valence-electron chi connectivity index (χ0n) is 15.6. The van der Waals surface area contributed by atoms with E-state index in [1.54, 1.807) is 0 Å². The molecule has 4 rings (SSSR count). The molecule has 0 radical (unpaired) electrons. The largest absolute Gasteiger partial charge is 1.00 e. The summed E-state index contributed by atoms with van der Waals surface area (Å²) in [4.78, 5) is 12.5. The van der Waals surface area contributed by atoms with Crippen molar-refractivity contribution in [2.24, 2.45) is 0 Å². The summed E-state index contributed by atoms with van der Waals surface area (Å²) in [7, 11) is 2.38. The lowest BCUT2D eigenvalue weighted by Crippen LogP contribution is -3.00. The molecule has 3 aliphatic rings. The van der Waals surface area contributed by atoms with Gasteiger partial charge in [-0.1, -0.05) is 50.3 Å². The molecule has 0 N–H and O–H groups in total. The number of nitrogens with zero attached hydrogens (tertiary/aromatic N) is 1. The smallest absolute Gasteiger partial charge is 0.338 e. The number of benzene rings is 1. The first kappa shape index (κ1) is 19.6. The molecule has 3 fully saturated rings. The molecule has 3 heterocycles. The van der Waals surface area contributed by atoms with Gasteiger partial charge in [-0.25, -0.2) is 4.79 Å². The van der Waals surface area contributed by atoms with E-state index in [1.165, 1.54) is 19.4 Å². The highest BCUT2D eigenvalue weighted by atomic mass is 79.9. The molecule has 2 unspecified atom stereocenters. The fraction of sp³-hybridized carbons (Fsp3) is 0.571. The van der Waals surface area contributed by atoms with Crippen LogP contribution in [0.25, 0.3) is 5.57 Å². The van der Waals surface area contributed by atoms with E-state index in [9.17, 15) is 4.79 Å². The number of quaternary nitrogens is 1. The Morgan fingerprint density at radius 3 is 2.42 bits per heavy atom. The van der Waals surface area contributed by atoms with Crippen LogP contribution >= 0.6 is 0 Å². The van der Waals surface area contributed by atoms with Crippen LogP contribution in [0, 0.1) is 0 Å². The maximum Gasteiger partial charge on any atom is 0.338 e. The van der Waals surface area contributed by atoms with Crippen LogP contribution in [-0.2, 0) is 14.3 Å². The van der Waals surface area contributed by atoms with Crippen LogP contribution in [0.1, 0.15) is 38.2 Å². The molecule has 1 aromatic carbocycles. The molecular formula is C21H28BrNO3. The van der Waals surface area contributed by atoms with Gasteiger partial charge < -0.3 is 30.9 Å². The summed E-state index contributed by atoms with van der Waals surface area (Å²) in [6.07, 6.45) is 5.04. The lowest BCUT2D eigenvalue weighted by Gasteiger charge is -2.48. The second kappa shape index (κ2) is 7.45. The van der Waals surface area contributed by atoms with Crippen LogP contribution in [0.15, 0.2) is 36.9 Å². The van der Waals surface area contributed by atoms with Crippen LogP contribution in [0.2, 0.25) is 0 Å². The normalized spacial score (nSPS) is 36.6. The molecule has 2 bridgehead atoms. The van der Waals surface area contributed by atoms with E-state index in [0.29, 0.717) is 29.9 Å². The average Bonchev–Trinajstić information content (AvgIpc) is 3.38. The Labute approximate surface area is 166 Å². The first-order valence-electron chi connectivity index (χ1n) is 9.50. The number of fused-ring (bicyclic) bond motifs is 5. The molecule has 0 aliphatic carbocycles. The summed E-state index contributed by atoms with van der Waals surface area (Å²) in [6, 6.07) is 10.5. The second-order valence-corrected chi connectivity index (χ2v) is 7.97. The summed E-state index contributed by atoms with van der Waals surface area (Å²) < 4.78 is 12.9. The minimum atomic E-state index is -0.283. The Hall–Kier alpha value is -1.17. The van der Waals surface area contributed by atoms with Crippen LogP contribution in [0.5, 0.6) is 0 Å². The number of hydrogen-bond acceptors (Lipinski definition) is 3. The summed E-state index contributed by atoms with van der Waals surface area (Å²) in [5, 5.41) is 0. The number of hydrogen-bond donors (Lipinski definition) is 0. The van der Waals surface area contributed by atoms with Crippen LogP contribution in [0.4, 0.5) is 0 Å². The molecule has 6 atom stereocenters. The lowest BCUT2D eigenvalue weighted by atomic mass is 9.94. The van der Waals surface area contributed by atoms with Gasteiger partial charge in [0.05, 0.1) is 19.2 Å². The number of carbonyl (C=O) groups excluding carboxylic acids is 1. The van der Waals surface area contributed by atoms with Crippen LogP contribution in [0.3, 0.4) is 0 Å². The standard InChI is InChI=1S/C21H28NO3.BrH/c1-4-5-11-22(3)17-12-16(13-18(22)20-19(17)25-20)24-21(23)14(2)15-9-7-6-8-10-15;/h6-10,16-20H,2,4-5,11-13H2,1,3H3;1H/q+1;/p-1/t16?,17-,18+,19-,20+,22?;. The summed E-state index contributed by atoms with van der Waals surface area (Å²) in [6.45, 7) is 7.39. The molecule has 0 amide bonds. The number of esters is 1. The highest BCUT2D eigenvalue weighted by molar-refractivity contribution is 6.15. The number of likely N-dealkylation sites (N-methyl/N-ethyl adjacent to an activating group) is 1. The molecule has 4 nitrogen and oxygen atoms in total. The summed E-state index contributed by atoms with van der Waals surface area (Å²) in [5.74, 6) is -0.283. The number of unbranched alkanes of at least 4 members (excludes halogenated alkanes) is 1. The van der Waals surface area contributed by atoms with Gasteiger partial charge in [-0.3, -0.25) is 0 Å². The number of piperidine rings is 1. The topological polar surface area (TPSA) is 38.8 Å². The second-order valence-electron chi connectivity index (χ2n) is 7.97. The molecule has 1 aromatic rings. The fourth-order valence-corrected chi connectivity index (χ4v) is 4.96.